The van der Waals surface area contributed by atoms with E-state index in [1.807, 2.05) is 19.9 Å². The van der Waals surface area contributed by atoms with Gasteiger partial charge in [0.25, 0.3) is 5.69 Å². The average Bonchev–Trinajstić information content (AvgIpc) is 3.23. The summed E-state index contributed by atoms with van der Waals surface area (Å²) in [7, 11) is 0. The first kappa shape index (κ1) is 18.9. The van der Waals surface area contributed by atoms with Crippen LogP contribution in [0.5, 0.6) is 0 Å². The van der Waals surface area contributed by atoms with E-state index < -0.39 is 4.92 Å². The first-order chi connectivity index (χ1) is 14.0. The number of aromatic nitrogens is 5. The summed E-state index contributed by atoms with van der Waals surface area (Å²) in [5.41, 5.74) is 1.40. The molecule has 150 valence electrons. The molecule has 0 spiro atoms. The largest absolute Gasteiger partial charge is 0.366 e. The van der Waals surface area contributed by atoms with Crippen molar-refractivity contribution in [1.82, 2.24) is 25.1 Å². The molecule has 1 saturated heterocycles. The van der Waals surface area contributed by atoms with Crippen LogP contribution in [0, 0.1) is 17.0 Å². The van der Waals surface area contributed by atoms with Crippen LogP contribution in [-0.4, -0.2) is 49.8 Å². The monoisotopic (exact) mass is 395 g/mol. The van der Waals surface area contributed by atoms with Crippen molar-refractivity contribution in [2.75, 3.05) is 24.6 Å². The minimum absolute atomic E-state index is 0.0110. The fourth-order valence-electron chi connectivity index (χ4n) is 3.23. The molecule has 2 aromatic heterocycles. The molecular weight excluding hydrogens is 374 g/mol. The number of nitro benzene ring substituents is 1. The lowest BCUT2D eigenvalue weighted by Crippen LogP contribution is -2.39. The predicted octanol–water partition coefficient (Wildman–Crippen LogP) is 2.62. The van der Waals surface area contributed by atoms with Crippen molar-refractivity contribution in [1.29, 1.82) is 0 Å². The van der Waals surface area contributed by atoms with Gasteiger partial charge in [-0.05, 0) is 6.92 Å². The molecule has 10 nitrogen and oxygen atoms in total. The lowest BCUT2D eigenvalue weighted by Gasteiger charge is -2.32. The van der Waals surface area contributed by atoms with Gasteiger partial charge >= 0.3 is 0 Å². The third kappa shape index (κ3) is 4.06. The van der Waals surface area contributed by atoms with Gasteiger partial charge in [0.15, 0.2) is 11.6 Å². The summed E-state index contributed by atoms with van der Waals surface area (Å²) in [6, 6.07) is 8.25. The molecule has 1 aliphatic rings. The van der Waals surface area contributed by atoms with Crippen LogP contribution in [0.25, 0.3) is 11.4 Å². The van der Waals surface area contributed by atoms with Gasteiger partial charge in [-0.25, -0.2) is 15.0 Å². The highest BCUT2D eigenvalue weighted by molar-refractivity contribution is 5.61. The van der Waals surface area contributed by atoms with Gasteiger partial charge in [0.1, 0.15) is 17.7 Å². The molecule has 0 amide bonds. The Hall–Kier alpha value is -3.40. The highest BCUT2D eigenvalue weighted by atomic mass is 16.6. The molecule has 10 heteroatoms. The molecule has 0 bridgehead atoms. The Labute approximate surface area is 167 Å². The summed E-state index contributed by atoms with van der Waals surface area (Å²) in [5.74, 6) is 2.67. The Kier molecular flexibility index (Phi) is 5.17. The van der Waals surface area contributed by atoms with E-state index in [4.69, 9.17) is 4.74 Å². The van der Waals surface area contributed by atoms with Gasteiger partial charge in [-0.2, -0.15) is 5.10 Å². The SMILES string of the molecule is CCc1nc(C2CN(c3cc(C)nc(-c4cccc([N+](=O)[O-])c4)n3)CCO2)n[nH]1. The Morgan fingerprint density at radius 3 is 2.93 bits per heavy atom. The minimum Gasteiger partial charge on any atom is -0.366 e. The molecule has 1 fully saturated rings. The standard InChI is InChI=1S/C19H21N7O3/c1-3-16-21-19(24-23-16)15-11-25(7-8-29-15)17-9-12(2)20-18(22-17)13-5-4-6-14(10-13)26(27)28/h4-6,9-10,15H,3,7-8,11H2,1-2H3,(H,21,23,24). The number of nitrogens with zero attached hydrogens (tertiary/aromatic N) is 6. The number of H-pyrrole nitrogens is 1. The zero-order chi connectivity index (χ0) is 20.4. The highest BCUT2D eigenvalue weighted by Crippen LogP contribution is 2.27. The van der Waals surface area contributed by atoms with Crippen LogP contribution < -0.4 is 4.90 Å². The normalized spacial score (nSPS) is 16.8. The third-order valence-corrected chi connectivity index (χ3v) is 4.72. The van der Waals surface area contributed by atoms with Crippen molar-refractivity contribution in [2.45, 2.75) is 26.4 Å². The van der Waals surface area contributed by atoms with Crippen LogP contribution in [0.1, 0.15) is 30.4 Å². The van der Waals surface area contributed by atoms with Gasteiger partial charge in [0.05, 0.1) is 18.1 Å². The second kappa shape index (κ2) is 7.92. The smallest absolute Gasteiger partial charge is 0.270 e. The number of anilines is 1. The Morgan fingerprint density at radius 2 is 2.17 bits per heavy atom. The van der Waals surface area contributed by atoms with Crippen LogP contribution in [0.15, 0.2) is 30.3 Å². The number of rotatable bonds is 5. The third-order valence-electron chi connectivity index (χ3n) is 4.72. The quantitative estimate of drug-likeness (QED) is 0.516. The first-order valence-electron chi connectivity index (χ1n) is 9.41. The molecule has 1 aromatic carbocycles. The number of nitro groups is 1. The van der Waals surface area contributed by atoms with Crippen molar-refractivity contribution in [3.8, 4) is 11.4 Å². The maximum absolute atomic E-state index is 11.1. The number of aromatic amines is 1. The second-order valence-corrected chi connectivity index (χ2v) is 6.80. The predicted molar refractivity (Wildman–Crippen MR) is 106 cm³/mol. The molecule has 1 unspecified atom stereocenters. The molecule has 0 radical (unpaired) electrons. The Morgan fingerprint density at radius 1 is 1.31 bits per heavy atom. The van der Waals surface area contributed by atoms with E-state index in [-0.39, 0.29) is 11.8 Å². The number of nitrogens with one attached hydrogen (secondary N) is 1. The molecule has 1 atom stereocenters. The highest BCUT2D eigenvalue weighted by Gasteiger charge is 2.26. The molecule has 0 saturated carbocycles. The first-order valence-corrected chi connectivity index (χ1v) is 9.41. The average molecular weight is 395 g/mol. The molecule has 1 aliphatic heterocycles. The molecule has 1 N–H and O–H groups in total. The van der Waals surface area contributed by atoms with E-state index in [2.05, 4.69) is 30.0 Å². The summed E-state index contributed by atoms with van der Waals surface area (Å²) in [5, 5.41) is 18.3. The van der Waals surface area contributed by atoms with Crippen molar-refractivity contribution in [3.63, 3.8) is 0 Å². The van der Waals surface area contributed by atoms with Gasteiger partial charge in [0.2, 0.25) is 0 Å². The van der Waals surface area contributed by atoms with Crippen molar-refractivity contribution >= 4 is 11.5 Å². The van der Waals surface area contributed by atoms with Gasteiger partial charge in [-0.15, -0.1) is 0 Å². The zero-order valence-corrected chi connectivity index (χ0v) is 16.2. The van der Waals surface area contributed by atoms with Gasteiger partial charge in [-0.3, -0.25) is 15.2 Å². The number of non-ortho nitro benzene ring substituents is 1. The summed E-state index contributed by atoms with van der Waals surface area (Å²) >= 11 is 0. The number of ether oxygens (including phenoxy) is 1. The maximum Gasteiger partial charge on any atom is 0.270 e. The number of benzene rings is 1. The van der Waals surface area contributed by atoms with Crippen molar-refractivity contribution < 1.29 is 9.66 Å². The van der Waals surface area contributed by atoms with Gasteiger partial charge in [0, 0.05) is 42.4 Å². The second-order valence-electron chi connectivity index (χ2n) is 6.80. The number of morpholine rings is 1. The van der Waals surface area contributed by atoms with Crippen LogP contribution in [0.4, 0.5) is 11.5 Å². The van der Waals surface area contributed by atoms with E-state index in [1.165, 1.54) is 12.1 Å². The molecule has 3 heterocycles. The van der Waals surface area contributed by atoms with E-state index in [9.17, 15) is 10.1 Å². The summed E-state index contributed by atoms with van der Waals surface area (Å²) < 4.78 is 5.86. The fourth-order valence-corrected chi connectivity index (χ4v) is 3.23. The summed E-state index contributed by atoms with van der Waals surface area (Å²) in [4.78, 5) is 26.4. The summed E-state index contributed by atoms with van der Waals surface area (Å²) in [6.07, 6.45) is 0.526. The zero-order valence-electron chi connectivity index (χ0n) is 16.2. The number of hydrogen-bond acceptors (Lipinski definition) is 8. The Bertz CT molecular complexity index is 1040. The van der Waals surface area contributed by atoms with E-state index >= 15 is 0 Å². The number of hydrogen-bond donors (Lipinski definition) is 1. The van der Waals surface area contributed by atoms with E-state index in [1.54, 1.807) is 12.1 Å². The van der Waals surface area contributed by atoms with Crippen molar-refractivity contribution in [2.24, 2.45) is 0 Å². The minimum atomic E-state index is -0.422. The fraction of sp³-hybridized carbons (Fsp3) is 0.368. The topological polar surface area (TPSA) is 123 Å². The number of aryl methyl sites for hydroxylation is 2. The van der Waals surface area contributed by atoms with Crippen LogP contribution in [0.3, 0.4) is 0 Å². The van der Waals surface area contributed by atoms with Crippen LogP contribution in [-0.2, 0) is 11.2 Å². The lowest BCUT2D eigenvalue weighted by atomic mass is 10.2. The van der Waals surface area contributed by atoms with E-state index in [0.717, 1.165) is 23.8 Å². The molecule has 4 rings (SSSR count). The van der Waals surface area contributed by atoms with Crippen molar-refractivity contribution in [3.05, 3.63) is 57.8 Å². The van der Waals surface area contributed by atoms with Gasteiger partial charge in [-0.1, -0.05) is 19.1 Å². The summed E-state index contributed by atoms with van der Waals surface area (Å²) in [6.45, 7) is 5.65. The molecule has 29 heavy (non-hydrogen) atoms. The Balaban J connectivity index is 1.61. The molecular formula is C19H21N7O3. The molecule has 0 aliphatic carbocycles. The maximum atomic E-state index is 11.1. The lowest BCUT2D eigenvalue weighted by molar-refractivity contribution is -0.384. The van der Waals surface area contributed by atoms with Crippen LogP contribution >= 0.6 is 0 Å². The van der Waals surface area contributed by atoms with Gasteiger partial charge < -0.3 is 9.64 Å². The molecule has 3 aromatic rings. The van der Waals surface area contributed by atoms with Crippen LogP contribution in [0.2, 0.25) is 0 Å². The van der Waals surface area contributed by atoms with E-state index in [0.29, 0.717) is 36.9 Å².